The lowest BCUT2D eigenvalue weighted by Gasteiger charge is -2.40. The molecule has 0 spiro atoms. The number of carboxylic acid groups (broad SMARTS) is 1. The molecule has 3 aromatic rings. The lowest BCUT2D eigenvalue weighted by Crippen LogP contribution is -2.38. The maximum atomic E-state index is 11.8. The third kappa shape index (κ3) is 6.07. The fourth-order valence-electron chi connectivity index (χ4n) is 5.02. The first-order valence-corrected chi connectivity index (χ1v) is 12.9. The Balaban J connectivity index is 1.61. The lowest BCUT2D eigenvalue weighted by atomic mass is 9.82. The topological polar surface area (TPSA) is 62.7 Å². The molecular formula is C31H38N2O3. The number of aromatic nitrogens is 1. The van der Waals surface area contributed by atoms with Gasteiger partial charge in [-0.3, -0.25) is 9.78 Å². The van der Waals surface area contributed by atoms with E-state index < -0.39 is 5.97 Å². The van der Waals surface area contributed by atoms with Crippen molar-refractivity contribution in [1.82, 2.24) is 4.98 Å². The Kier molecular flexibility index (Phi) is 7.67. The number of carboxylic acids is 1. The fraction of sp³-hybridized carbons (Fsp3) is 0.419. The molecule has 1 fully saturated rings. The maximum Gasteiger partial charge on any atom is 0.307 e. The van der Waals surface area contributed by atoms with Crippen LogP contribution < -0.4 is 9.64 Å². The quantitative estimate of drug-likeness (QED) is 0.391. The number of piperidine rings is 1. The highest BCUT2D eigenvalue weighted by molar-refractivity contribution is 5.86. The zero-order chi connectivity index (χ0) is 25.9. The zero-order valence-corrected chi connectivity index (χ0v) is 22.2. The van der Waals surface area contributed by atoms with Crippen LogP contribution in [0.1, 0.15) is 54.8 Å². The summed E-state index contributed by atoms with van der Waals surface area (Å²) in [5, 5.41) is 9.68. The summed E-state index contributed by atoms with van der Waals surface area (Å²) in [7, 11) is 0. The molecule has 1 N–H and O–H groups in total. The number of carbonyl (C=O) groups is 1. The number of benzene rings is 2. The van der Waals surface area contributed by atoms with E-state index in [1.54, 1.807) is 0 Å². The third-order valence-corrected chi connectivity index (χ3v) is 7.34. The van der Waals surface area contributed by atoms with Crippen LogP contribution in [-0.4, -0.2) is 35.8 Å². The first kappa shape index (κ1) is 25.7. The second kappa shape index (κ2) is 10.7. The Morgan fingerprint density at radius 2 is 1.61 bits per heavy atom. The zero-order valence-electron chi connectivity index (χ0n) is 22.2. The number of ether oxygens (including phenoxy) is 1. The maximum absolute atomic E-state index is 11.8. The molecule has 1 aromatic heterocycles. The van der Waals surface area contributed by atoms with Crippen molar-refractivity contribution in [3.8, 4) is 16.9 Å². The van der Waals surface area contributed by atoms with Crippen molar-refractivity contribution in [2.75, 3.05) is 24.6 Å². The van der Waals surface area contributed by atoms with Crippen molar-refractivity contribution < 1.29 is 14.6 Å². The summed E-state index contributed by atoms with van der Waals surface area (Å²) in [5.74, 6) is 0.00114. The van der Waals surface area contributed by atoms with Crippen molar-refractivity contribution in [2.24, 2.45) is 5.41 Å². The van der Waals surface area contributed by atoms with Crippen molar-refractivity contribution in [1.29, 1.82) is 0 Å². The van der Waals surface area contributed by atoms with Crippen LogP contribution in [0.15, 0.2) is 48.5 Å². The Morgan fingerprint density at radius 1 is 0.972 bits per heavy atom. The average molecular weight is 487 g/mol. The van der Waals surface area contributed by atoms with Gasteiger partial charge < -0.3 is 14.7 Å². The number of aryl methyl sites for hydroxylation is 3. The molecule has 190 valence electrons. The smallest absolute Gasteiger partial charge is 0.307 e. The predicted octanol–water partition coefficient (Wildman–Crippen LogP) is 6.55. The van der Waals surface area contributed by atoms with Gasteiger partial charge in [0.15, 0.2) is 0 Å². The van der Waals surface area contributed by atoms with Crippen LogP contribution in [0.25, 0.3) is 11.1 Å². The van der Waals surface area contributed by atoms with Gasteiger partial charge in [0.1, 0.15) is 5.75 Å². The second-order valence-corrected chi connectivity index (χ2v) is 10.8. The molecule has 2 heterocycles. The summed E-state index contributed by atoms with van der Waals surface area (Å²) in [5.41, 5.74) is 8.48. The van der Waals surface area contributed by atoms with Gasteiger partial charge in [0.05, 0.1) is 18.7 Å². The number of rotatable bonds is 8. The van der Waals surface area contributed by atoms with Crippen molar-refractivity contribution in [2.45, 2.75) is 60.3 Å². The number of aliphatic carboxylic acids is 1. The van der Waals surface area contributed by atoms with E-state index in [0.29, 0.717) is 12.0 Å². The van der Waals surface area contributed by atoms with Crippen LogP contribution in [0, 0.1) is 26.2 Å². The Labute approximate surface area is 215 Å². The first-order chi connectivity index (χ1) is 17.1. The van der Waals surface area contributed by atoms with Crippen LogP contribution >= 0.6 is 0 Å². The molecule has 4 rings (SSSR count). The van der Waals surface area contributed by atoms with Gasteiger partial charge in [-0.2, -0.15) is 0 Å². The number of anilines is 1. The number of pyridine rings is 1. The molecule has 0 aliphatic carbocycles. The van der Waals surface area contributed by atoms with Crippen molar-refractivity contribution in [3.63, 3.8) is 0 Å². The molecule has 1 aliphatic heterocycles. The standard InChI is InChI=1S/C31H38N2O3/c1-21-6-8-24(9-7-21)14-19-36-26-12-10-25(11-13-26)29-23(3)32-22(2)27(20-28(34)35)30(29)33-17-15-31(4,5)16-18-33/h6-13H,14-20H2,1-5H3,(H,34,35). The summed E-state index contributed by atoms with van der Waals surface area (Å²) in [6, 6.07) is 16.7. The van der Waals surface area contributed by atoms with Crippen LogP contribution in [-0.2, 0) is 17.6 Å². The van der Waals surface area contributed by atoms with Crippen LogP contribution in [0.5, 0.6) is 5.75 Å². The molecular weight excluding hydrogens is 448 g/mol. The van der Waals surface area contributed by atoms with E-state index in [4.69, 9.17) is 9.72 Å². The van der Waals surface area contributed by atoms with Gasteiger partial charge in [-0.25, -0.2) is 0 Å². The molecule has 0 saturated carbocycles. The fourth-order valence-corrected chi connectivity index (χ4v) is 5.02. The minimum atomic E-state index is -0.828. The molecule has 36 heavy (non-hydrogen) atoms. The van der Waals surface area contributed by atoms with E-state index in [-0.39, 0.29) is 6.42 Å². The summed E-state index contributed by atoms with van der Waals surface area (Å²) in [4.78, 5) is 19.0. The summed E-state index contributed by atoms with van der Waals surface area (Å²) < 4.78 is 6.02. The summed E-state index contributed by atoms with van der Waals surface area (Å²) in [6.07, 6.45) is 2.98. The van der Waals surface area contributed by atoms with E-state index in [1.165, 1.54) is 11.1 Å². The lowest BCUT2D eigenvalue weighted by molar-refractivity contribution is -0.136. The number of hydrogen-bond donors (Lipinski definition) is 1. The highest BCUT2D eigenvalue weighted by atomic mass is 16.5. The van der Waals surface area contributed by atoms with Gasteiger partial charge >= 0.3 is 5.97 Å². The molecule has 0 atom stereocenters. The van der Waals surface area contributed by atoms with E-state index >= 15 is 0 Å². The van der Waals surface area contributed by atoms with Crippen molar-refractivity contribution in [3.05, 3.63) is 76.6 Å². The Hall–Kier alpha value is -3.34. The molecule has 5 heteroatoms. The Morgan fingerprint density at radius 3 is 2.22 bits per heavy atom. The van der Waals surface area contributed by atoms with E-state index in [2.05, 4.69) is 62.1 Å². The minimum Gasteiger partial charge on any atom is -0.493 e. The average Bonchev–Trinajstić information content (AvgIpc) is 2.82. The van der Waals surface area contributed by atoms with Crippen molar-refractivity contribution >= 4 is 11.7 Å². The van der Waals surface area contributed by atoms with Gasteiger partial charge in [-0.05, 0) is 62.3 Å². The molecule has 1 aliphatic rings. The van der Waals surface area contributed by atoms with E-state index in [0.717, 1.165) is 71.9 Å². The summed E-state index contributed by atoms with van der Waals surface area (Å²) in [6.45, 7) is 13.1. The van der Waals surface area contributed by atoms with Crippen LogP contribution in [0.4, 0.5) is 5.69 Å². The van der Waals surface area contributed by atoms with E-state index in [9.17, 15) is 9.90 Å². The number of nitrogens with zero attached hydrogens (tertiary/aromatic N) is 2. The monoisotopic (exact) mass is 486 g/mol. The van der Waals surface area contributed by atoms with E-state index in [1.807, 2.05) is 26.0 Å². The molecule has 0 unspecified atom stereocenters. The van der Waals surface area contributed by atoms with Crippen LogP contribution in [0.3, 0.4) is 0 Å². The molecule has 5 nitrogen and oxygen atoms in total. The van der Waals surface area contributed by atoms with Gasteiger partial charge in [0.25, 0.3) is 0 Å². The van der Waals surface area contributed by atoms with Gasteiger partial charge in [-0.1, -0.05) is 55.8 Å². The minimum absolute atomic E-state index is 0.0262. The highest BCUT2D eigenvalue weighted by Gasteiger charge is 2.30. The SMILES string of the molecule is Cc1ccc(CCOc2ccc(-c3c(C)nc(C)c(CC(=O)O)c3N3CCC(C)(C)CC3)cc2)cc1. The molecule has 0 radical (unpaired) electrons. The highest BCUT2D eigenvalue weighted by Crippen LogP contribution is 2.41. The third-order valence-electron chi connectivity index (χ3n) is 7.34. The second-order valence-electron chi connectivity index (χ2n) is 10.8. The van der Waals surface area contributed by atoms with Crippen LogP contribution in [0.2, 0.25) is 0 Å². The van der Waals surface area contributed by atoms with Gasteiger partial charge in [0.2, 0.25) is 0 Å². The van der Waals surface area contributed by atoms with Gasteiger partial charge in [-0.15, -0.1) is 0 Å². The molecule has 1 saturated heterocycles. The first-order valence-electron chi connectivity index (χ1n) is 12.9. The normalized spacial score (nSPS) is 15.1. The molecule has 0 amide bonds. The Bertz CT molecular complexity index is 1200. The van der Waals surface area contributed by atoms with Gasteiger partial charge in [0, 0.05) is 42.0 Å². The molecule has 0 bridgehead atoms. The number of hydrogen-bond acceptors (Lipinski definition) is 4. The largest absolute Gasteiger partial charge is 0.493 e. The molecule has 2 aromatic carbocycles. The summed E-state index contributed by atoms with van der Waals surface area (Å²) >= 11 is 0. The predicted molar refractivity (Wildman–Crippen MR) is 146 cm³/mol.